The zero-order valence-electron chi connectivity index (χ0n) is 8.22. The van der Waals surface area contributed by atoms with Gasteiger partial charge in [0, 0.05) is 12.8 Å². The molecule has 0 N–H and O–H groups in total. The summed E-state index contributed by atoms with van der Waals surface area (Å²) in [7, 11) is 0. The molecule has 0 saturated heterocycles. The van der Waals surface area contributed by atoms with Crippen molar-refractivity contribution in [1.29, 1.82) is 0 Å². The Balaban J connectivity index is 2.82. The number of carbonyl (C=O) groups is 2. The van der Waals surface area contributed by atoms with E-state index in [1.807, 2.05) is 0 Å². The van der Waals surface area contributed by atoms with Crippen molar-refractivity contribution in [2.45, 2.75) is 19.8 Å². The van der Waals surface area contributed by atoms with Crippen LogP contribution in [0.3, 0.4) is 0 Å². The fraction of sp³-hybridized carbons (Fsp3) is 0.273. The number of halogens is 2. The fourth-order valence-electron chi connectivity index (χ4n) is 1.14. The molecule has 0 unspecified atom stereocenters. The van der Waals surface area contributed by atoms with Crippen LogP contribution in [-0.4, -0.2) is 11.6 Å². The van der Waals surface area contributed by atoms with Crippen LogP contribution < -0.4 is 0 Å². The third-order valence-corrected chi connectivity index (χ3v) is 2.25. The highest BCUT2D eigenvalue weighted by atomic mass is 35.5. The van der Waals surface area contributed by atoms with Gasteiger partial charge in [-0.3, -0.25) is 4.79 Å². The van der Waals surface area contributed by atoms with E-state index in [0.29, 0.717) is 0 Å². The second-order valence-electron chi connectivity index (χ2n) is 3.23. The second-order valence-corrected chi connectivity index (χ2v) is 3.63. The fourth-order valence-corrected chi connectivity index (χ4v) is 1.32. The monoisotopic (exact) mass is 228 g/mol. The first-order valence-corrected chi connectivity index (χ1v) is 4.87. The van der Waals surface area contributed by atoms with E-state index in [2.05, 4.69) is 0 Å². The Hall–Kier alpha value is -1.22. The minimum absolute atomic E-state index is 0.0204. The Labute approximate surface area is 92.0 Å². The van der Waals surface area contributed by atoms with Crippen LogP contribution in [0.4, 0.5) is 4.39 Å². The topological polar surface area (TPSA) is 34.1 Å². The molecule has 0 spiro atoms. The number of ketones is 2. The summed E-state index contributed by atoms with van der Waals surface area (Å²) < 4.78 is 13.3. The predicted octanol–water partition coefficient (Wildman–Crippen LogP) is 3.03. The van der Waals surface area contributed by atoms with Gasteiger partial charge in [0.1, 0.15) is 5.78 Å². The Morgan fingerprint density at radius 2 is 2.00 bits per heavy atom. The third kappa shape index (κ3) is 3.13. The smallest absolute Gasteiger partial charge is 0.166 e. The van der Waals surface area contributed by atoms with Crippen molar-refractivity contribution < 1.29 is 14.0 Å². The summed E-state index contributed by atoms with van der Waals surface area (Å²) >= 11 is 5.53. The summed E-state index contributed by atoms with van der Waals surface area (Å²) in [6.07, 6.45) is 0.150. The van der Waals surface area contributed by atoms with Crippen LogP contribution in [0, 0.1) is 5.82 Å². The van der Waals surface area contributed by atoms with Crippen LogP contribution in [0.5, 0.6) is 0 Å². The first-order chi connectivity index (χ1) is 7.02. The van der Waals surface area contributed by atoms with Gasteiger partial charge in [0.05, 0.1) is 10.6 Å². The molecule has 1 aromatic carbocycles. The van der Waals surface area contributed by atoms with Gasteiger partial charge in [-0.05, 0) is 19.1 Å². The van der Waals surface area contributed by atoms with E-state index in [4.69, 9.17) is 11.6 Å². The third-order valence-electron chi connectivity index (χ3n) is 1.96. The lowest BCUT2D eigenvalue weighted by Gasteiger charge is -2.02. The minimum atomic E-state index is -0.715. The SMILES string of the molecule is CC(=O)CCC(=O)c1cccc(Cl)c1F. The van der Waals surface area contributed by atoms with Crippen molar-refractivity contribution in [3.63, 3.8) is 0 Å². The predicted molar refractivity (Wildman–Crippen MR) is 55.7 cm³/mol. The van der Waals surface area contributed by atoms with Gasteiger partial charge >= 0.3 is 0 Å². The van der Waals surface area contributed by atoms with Crippen LogP contribution in [0.2, 0.25) is 5.02 Å². The van der Waals surface area contributed by atoms with Gasteiger partial charge in [-0.25, -0.2) is 4.39 Å². The average Bonchev–Trinajstić information content (AvgIpc) is 2.18. The molecule has 0 aliphatic carbocycles. The zero-order chi connectivity index (χ0) is 11.4. The minimum Gasteiger partial charge on any atom is -0.300 e. The Bertz CT molecular complexity index is 402. The molecule has 0 amide bonds. The van der Waals surface area contributed by atoms with Crippen molar-refractivity contribution in [3.05, 3.63) is 34.6 Å². The first-order valence-electron chi connectivity index (χ1n) is 4.49. The first kappa shape index (κ1) is 11.9. The normalized spacial score (nSPS) is 10.1. The molecule has 2 nitrogen and oxygen atoms in total. The Kier molecular flexibility index (Phi) is 3.97. The van der Waals surface area contributed by atoms with Crippen molar-refractivity contribution in [1.82, 2.24) is 0 Å². The standard InChI is InChI=1S/C11H10ClFO2/c1-7(14)5-6-10(15)8-3-2-4-9(12)11(8)13/h2-4H,5-6H2,1H3. The van der Waals surface area contributed by atoms with E-state index in [1.165, 1.54) is 25.1 Å². The summed E-state index contributed by atoms with van der Waals surface area (Å²) in [6, 6.07) is 4.24. The molecule has 0 aliphatic heterocycles. The molecule has 0 fully saturated rings. The van der Waals surface area contributed by atoms with E-state index in [9.17, 15) is 14.0 Å². The molecule has 0 atom stereocenters. The zero-order valence-corrected chi connectivity index (χ0v) is 8.97. The van der Waals surface area contributed by atoms with E-state index in [-0.39, 0.29) is 29.2 Å². The lowest BCUT2D eigenvalue weighted by Crippen LogP contribution is -2.05. The maximum atomic E-state index is 13.3. The number of rotatable bonds is 4. The van der Waals surface area contributed by atoms with E-state index < -0.39 is 11.6 Å². The highest BCUT2D eigenvalue weighted by molar-refractivity contribution is 6.31. The number of Topliss-reactive ketones (excluding diaryl/α,β-unsaturated/α-hetero) is 2. The van der Waals surface area contributed by atoms with Crippen LogP contribution in [0.15, 0.2) is 18.2 Å². The van der Waals surface area contributed by atoms with E-state index >= 15 is 0 Å². The highest BCUT2D eigenvalue weighted by Gasteiger charge is 2.14. The molecule has 0 aliphatic rings. The maximum Gasteiger partial charge on any atom is 0.166 e. The van der Waals surface area contributed by atoms with Crippen molar-refractivity contribution in [2.24, 2.45) is 0 Å². The summed E-state index contributed by atoms with van der Waals surface area (Å²) in [5.74, 6) is -1.20. The Morgan fingerprint density at radius 3 is 2.60 bits per heavy atom. The molecule has 15 heavy (non-hydrogen) atoms. The van der Waals surface area contributed by atoms with Gasteiger partial charge in [-0.15, -0.1) is 0 Å². The Morgan fingerprint density at radius 1 is 1.33 bits per heavy atom. The largest absolute Gasteiger partial charge is 0.300 e. The summed E-state index contributed by atoms with van der Waals surface area (Å²) in [4.78, 5) is 22.1. The summed E-state index contributed by atoms with van der Waals surface area (Å²) in [5, 5.41) is -0.0799. The van der Waals surface area contributed by atoms with Crippen molar-refractivity contribution in [3.8, 4) is 0 Å². The number of benzene rings is 1. The van der Waals surface area contributed by atoms with Gasteiger partial charge in [0.2, 0.25) is 0 Å². The molecule has 80 valence electrons. The van der Waals surface area contributed by atoms with Gasteiger partial charge in [0.25, 0.3) is 0 Å². The lowest BCUT2D eigenvalue weighted by atomic mass is 10.1. The quantitative estimate of drug-likeness (QED) is 0.743. The number of hydrogen-bond donors (Lipinski definition) is 0. The van der Waals surface area contributed by atoms with Gasteiger partial charge in [0.15, 0.2) is 11.6 Å². The van der Waals surface area contributed by atoms with Crippen LogP contribution in [-0.2, 0) is 4.79 Å². The van der Waals surface area contributed by atoms with Gasteiger partial charge < -0.3 is 4.79 Å². The van der Waals surface area contributed by atoms with Crippen molar-refractivity contribution >= 4 is 23.2 Å². The highest BCUT2D eigenvalue weighted by Crippen LogP contribution is 2.19. The molecule has 4 heteroatoms. The lowest BCUT2D eigenvalue weighted by molar-refractivity contribution is -0.116. The summed E-state index contributed by atoms with van der Waals surface area (Å²) in [6.45, 7) is 1.39. The number of carbonyl (C=O) groups excluding carboxylic acids is 2. The molecule has 0 bridgehead atoms. The van der Waals surface area contributed by atoms with E-state index in [0.717, 1.165) is 0 Å². The number of hydrogen-bond acceptors (Lipinski definition) is 2. The maximum absolute atomic E-state index is 13.3. The van der Waals surface area contributed by atoms with Crippen LogP contribution in [0.1, 0.15) is 30.1 Å². The molecule has 1 aromatic rings. The molecular weight excluding hydrogens is 219 g/mol. The van der Waals surface area contributed by atoms with Crippen LogP contribution >= 0.6 is 11.6 Å². The second kappa shape index (κ2) is 5.03. The molecule has 1 rings (SSSR count). The molecule has 0 saturated carbocycles. The van der Waals surface area contributed by atoms with E-state index in [1.54, 1.807) is 0 Å². The summed E-state index contributed by atoms with van der Waals surface area (Å²) in [5.41, 5.74) is -0.0521. The van der Waals surface area contributed by atoms with Crippen molar-refractivity contribution in [2.75, 3.05) is 0 Å². The molecule has 0 heterocycles. The van der Waals surface area contributed by atoms with Crippen LogP contribution in [0.25, 0.3) is 0 Å². The molecule has 0 radical (unpaired) electrons. The molecular formula is C11H10ClFO2. The molecule has 0 aromatic heterocycles. The van der Waals surface area contributed by atoms with Gasteiger partial charge in [-0.1, -0.05) is 17.7 Å². The average molecular weight is 229 g/mol. The van der Waals surface area contributed by atoms with Gasteiger partial charge in [-0.2, -0.15) is 0 Å².